The van der Waals surface area contributed by atoms with Crippen LogP contribution in [0.5, 0.6) is 0 Å². The van der Waals surface area contributed by atoms with Crippen molar-refractivity contribution in [2.24, 2.45) is 0 Å². The van der Waals surface area contributed by atoms with E-state index in [1.807, 2.05) is 0 Å². The Balaban J connectivity index is 0. The Labute approximate surface area is 126 Å². The Hall–Kier alpha value is -0.300. The van der Waals surface area contributed by atoms with E-state index in [0.717, 1.165) is 12.8 Å². The van der Waals surface area contributed by atoms with Crippen LogP contribution in [0.25, 0.3) is 10.8 Å². The topological polar surface area (TPSA) is 0 Å². The van der Waals surface area contributed by atoms with Gasteiger partial charge in [-0.15, -0.1) is 34.0 Å². The van der Waals surface area contributed by atoms with Gasteiger partial charge in [-0.25, -0.2) is 0 Å². The van der Waals surface area contributed by atoms with E-state index >= 15 is 0 Å². The quantitative estimate of drug-likeness (QED) is 0.503. The number of hydrogen-bond acceptors (Lipinski definition) is 0. The van der Waals surface area contributed by atoms with E-state index in [4.69, 9.17) is 0 Å². The Bertz CT molecular complexity index is 411. The van der Waals surface area contributed by atoms with Crippen LogP contribution in [0.4, 0.5) is 0 Å². The van der Waals surface area contributed by atoms with Crippen LogP contribution >= 0.6 is 0 Å². The number of rotatable bonds is 2. The predicted octanol–water partition coefficient (Wildman–Crippen LogP) is 4.89. The molecule has 1 heteroatoms. The Kier molecular flexibility index (Phi) is 8.87. The Morgan fingerprint density at radius 1 is 1.00 bits per heavy atom. The molecule has 0 unspecified atom stereocenters. The summed E-state index contributed by atoms with van der Waals surface area (Å²) in [5.74, 6) is 0. The van der Waals surface area contributed by atoms with Crippen LogP contribution in [0.1, 0.15) is 30.5 Å². The first-order valence-electron chi connectivity index (χ1n) is 5.44. The van der Waals surface area contributed by atoms with Crippen LogP contribution in [0, 0.1) is 21.8 Å². The van der Waals surface area contributed by atoms with Crippen LogP contribution in [0.15, 0.2) is 24.3 Å². The zero-order valence-corrected chi connectivity index (χ0v) is 15.3. The summed E-state index contributed by atoms with van der Waals surface area (Å²) in [6.45, 7) is 6.63. The largest absolute Gasteiger partial charge is 0.358 e. The molecule has 0 spiro atoms. The van der Waals surface area contributed by atoms with Crippen LogP contribution in [0.2, 0.25) is 0 Å². The summed E-state index contributed by atoms with van der Waals surface area (Å²) in [6, 6.07) is 9.18. The molecule has 0 atom stereocenters. The fourth-order valence-electron chi connectivity index (χ4n) is 2.18. The number of aryl methyl sites for hydroxylation is 3. The van der Waals surface area contributed by atoms with Crippen LogP contribution in [-0.2, 0) is 38.7 Å². The Morgan fingerprint density at radius 3 is 2.06 bits per heavy atom. The standard InChI is InChI=1S/C14H17.2CH3.Hf/c1-4-11-6-7-12(5-2)14-9-10(3)8-13(11)14;;;/h6-9H,4-5H2,1-3H3;2*1H3;/q3*-1;. The minimum absolute atomic E-state index is 0. The van der Waals surface area contributed by atoms with E-state index < -0.39 is 0 Å². The molecule has 0 radical (unpaired) electrons. The maximum Gasteiger partial charge on any atom is 0 e. The molecule has 2 rings (SSSR count). The van der Waals surface area contributed by atoms with Gasteiger partial charge >= 0.3 is 0 Å². The summed E-state index contributed by atoms with van der Waals surface area (Å²) in [5, 5.41) is 2.92. The molecule has 0 aliphatic heterocycles. The smallest absolute Gasteiger partial charge is 0 e. The third-order valence-electron chi connectivity index (χ3n) is 2.97. The normalized spacial score (nSPS) is 9.12. The van der Waals surface area contributed by atoms with Gasteiger partial charge in [0.15, 0.2) is 0 Å². The van der Waals surface area contributed by atoms with Gasteiger partial charge in [-0.05, 0) is 6.42 Å². The van der Waals surface area contributed by atoms with Crippen LogP contribution < -0.4 is 0 Å². The summed E-state index contributed by atoms with van der Waals surface area (Å²) >= 11 is 0. The third-order valence-corrected chi connectivity index (χ3v) is 2.97. The van der Waals surface area contributed by atoms with Gasteiger partial charge < -0.3 is 14.9 Å². The molecule has 2 aromatic carbocycles. The van der Waals surface area contributed by atoms with Crippen molar-refractivity contribution in [3.8, 4) is 0 Å². The first kappa shape index (κ1) is 19.0. The zero-order valence-electron chi connectivity index (χ0n) is 11.7. The molecular formula is C16H23Hf-3. The van der Waals surface area contributed by atoms with Gasteiger partial charge in [-0.3, -0.25) is 0 Å². The molecule has 0 aliphatic rings. The predicted molar refractivity (Wildman–Crippen MR) is 75.9 cm³/mol. The molecule has 2 aromatic rings. The van der Waals surface area contributed by atoms with E-state index in [1.54, 1.807) is 0 Å². The number of hydrogen-bond donors (Lipinski definition) is 0. The molecule has 0 bridgehead atoms. The molecule has 0 amide bonds. The summed E-state index contributed by atoms with van der Waals surface area (Å²) in [5.41, 5.74) is 4.34. The second kappa shape index (κ2) is 7.92. The van der Waals surface area contributed by atoms with E-state index in [0.29, 0.717) is 0 Å². The minimum Gasteiger partial charge on any atom is -0.358 e. The maximum absolute atomic E-state index is 2.31. The number of benzene rings is 1. The average molecular weight is 394 g/mol. The van der Waals surface area contributed by atoms with Crippen molar-refractivity contribution < 1.29 is 25.8 Å². The molecule has 0 saturated carbocycles. The first-order valence-corrected chi connectivity index (χ1v) is 5.44. The molecule has 0 saturated heterocycles. The van der Waals surface area contributed by atoms with Gasteiger partial charge in [0, 0.05) is 25.8 Å². The fraction of sp³-hybridized carbons (Fsp3) is 0.312. The molecule has 0 aliphatic carbocycles. The van der Waals surface area contributed by atoms with Crippen molar-refractivity contribution in [2.75, 3.05) is 0 Å². The summed E-state index contributed by atoms with van der Waals surface area (Å²) in [7, 11) is 0. The van der Waals surface area contributed by atoms with Gasteiger partial charge in [0.1, 0.15) is 0 Å². The Morgan fingerprint density at radius 2 is 1.53 bits per heavy atom. The third kappa shape index (κ3) is 3.58. The van der Waals surface area contributed by atoms with Gasteiger partial charge in [-0.1, -0.05) is 38.8 Å². The average Bonchev–Trinajstić information content (AvgIpc) is 2.57. The van der Waals surface area contributed by atoms with E-state index in [-0.39, 0.29) is 40.7 Å². The second-order valence-electron chi connectivity index (χ2n) is 3.95. The van der Waals surface area contributed by atoms with Crippen molar-refractivity contribution in [3.05, 3.63) is 55.8 Å². The summed E-state index contributed by atoms with van der Waals surface area (Å²) in [6.07, 6.45) is 2.26. The van der Waals surface area contributed by atoms with Crippen LogP contribution in [-0.4, -0.2) is 0 Å². The van der Waals surface area contributed by atoms with Crippen molar-refractivity contribution in [1.29, 1.82) is 0 Å². The van der Waals surface area contributed by atoms with Gasteiger partial charge in [0.25, 0.3) is 0 Å². The fourth-order valence-corrected chi connectivity index (χ4v) is 2.18. The van der Waals surface area contributed by atoms with Crippen molar-refractivity contribution in [3.63, 3.8) is 0 Å². The molecule has 0 nitrogen and oxygen atoms in total. The summed E-state index contributed by atoms with van der Waals surface area (Å²) < 4.78 is 0. The van der Waals surface area contributed by atoms with E-state index in [2.05, 4.69) is 45.0 Å². The maximum atomic E-state index is 2.31. The molecule has 0 fully saturated rings. The zero-order chi connectivity index (χ0) is 10.1. The number of fused-ring (bicyclic) bond motifs is 1. The van der Waals surface area contributed by atoms with E-state index in [9.17, 15) is 0 Å². The first-order chi connectivity index (χ1) is 6.76. The second-order valence-corrected chi connectivity index (χ2v) is 3.95. The molecule has 0 aromatic heterocycles. The minimum atomic E-state index is 0. The monoisotopic (exact) mass is 395 g/mol. The molecule has 0 heterocycles. The van der Waals surface area contributed by atoms with Crippen molar-refractivity contribution >= 4 is 10.8 Å². The molecule has 94 valence electrons. The van der Waals surface area contributed by atoms with Crippen molar-refractivity contribution in [2.45, 2.75) is 33.6 Å². The molecule has 17 heavy (non-hydrogen) atoms. The van der Waals surface area contributed by atoms with Gasteiger partial charge in [-0.2, -0.15) is 6.07 Å². The SMILES string of the molecule is CCc1ccc(CC)c2[cH-]c(C)cc12.[CH3-].[CH3-].[Hf]. The van der Waals surface area contributed by atoms with Crippen molar-refractivity contribution in [1.82, 2.24) is 0 Å². The van der Waals surface area contributed by atoms with E-state index in [1.165, 1.54) is 27.5 Å². The molecule has 0 N–H and O–H groups in total. The van der Waals surface area contributed by atoms with Gasteiger partial charge in [0.05, 0.1) is 0 Å². The van der Waals surface area contributed by atoms with Gasteiger partial charge in [0.2, 0.25) is 0 Å². The van der Waals surface area contributed by atoms with Crippen LogP contribution in [0.3, 0.4) is 0 Å². The molecular weight excluding hydrogens is 371 g/mol. The summed E-state index contributed by atoms with van der Waals surface area (Å²) in [4.78, 5) is 0.